The minimum atomic E-state index is 0.502. The van der Waals surface area contributed by atoms with E-state index in [4.69, 9.17) is 4.42 Å². The van der Waals surface area contributed by atoms with Gasteiger partial charge in [0, 0.05) is 19.1 Å². The van der Waals surface area contributed by atoms with Crippen molar-refractivity contribution in [2.75, 3.05) is 18.0 Å². The average molecular weight is 295 g/mol. The zero-order valence-corrected chi connectivity index (χ0v) is 14.6. The van der Waals surface area contributed by atoms with Crippen LogP contribution in [0.1, 0.15) is 60.1 Å². The SMILES string of the molecule is CCC(CC)N(CC(C)C)c1nc(CNCC(C)C)co1. The number of anilines is 1. The lowest BCUT2D eigenvalue weighted by atomic mass is 10.1. The smallest absolute Gasteiger partial charge is 0.297 e. The van der Waals surface area contributed by atoms with Crippen LogP contribution >= 0.6 is 0 Å². The van der Waals surface area contributed by atoms with Gasteiger partial charge in [0.15, 0.2) is 0 Å². The second-order valence-electron chi connectivity index (χ2n) is 6.66. The molecule has 0 saturated heterocycles. The number of nitrogens with zero attached hydrogens (tertiary/aromatic N) is 2. The molecule has 122 valence electrons. The number of hydrogen-bond donors (Lipinski definition) is 1. The quantitative estimate of drug-likeness (QED) is 0.706. The van der Waals surface area contributed by atoms with Gasteiger partial charge in [0.05, 0.1) is 5.69 Å². The first kappa shape index (κ1) is 18.0. The molecule has 4 nitrogen and oxygen atoms in total. The maximum atomic E-state index is 5.74. The molecule has 1 aromatic rings. The summed E-state index contributed by atoms with van der Waals surface area (Å²) in [5.41, 5.74) is 0.991. The number of hydrogen-bond acceptors (Lipinski definition) is 4. The van der Waals surface area contributed by atoms with Crippen LogP contribution in [-0.4, -0.2) is 24.1 Å². The molecule has 0 saturated carbocycles. The van der Waals surface area contributed by atoms with Crippen molar-refractivity contribution in [3.63, 3.8) is 0 Å². The standard InChI is InChI=1S/C17H33N3O/c1-7-16(8-2)20(11-14(5)6)17-19-15(12-21-17)10-18-9-13(3)4/h12-14,16,18H,7-11H2,1-6H3. The highest BCUT2D eigenvalue weighted by atomic mass is 16.4. The molecule has 0 aliphatic rings. The molecule has 0 aromatic carbocycles. The van der Waals surface area contributed by atoms with Crippen LogP contribution in [0.2, 0.25) is 0 Å². The van der Waals surface area contributed by atoms with Gasteiger partial charge in [-0.25, -0.2) is 0 Å². The van der Waals surface area contributed by atoms with Crippen molar-refractivity contribution < 1.29 is 4.42 Å². The Morgan fingerprint density at radius 1 is 1.14 bits per heavy atom. The summed E-state index contributed by atoms with van der Waals surface area (Å²) >= 11 is 0. The topological polar surface area (TPSA) is 41.3 Å². The molecular formula is C17H33N3O. The fraction of sp³-hybridized carbons (Fsp3) is 0.824. The molecule has 0 bridgehead atoms. The van der Waals surface area contributed by atoms with Gasteiger partial charge in [0.2, 0.25) is 0 Å². The minimum Gasteiger partial charge on any atom is -0.432 e. The van der Waals surface area contributed by atoms with Gasteiger partial charge < -0.3 is 14.6 Å². The van der Waals surface area contributed by atoms with E-state index in [1.807, 2.05) is 0 Å². The third-order valence-corrected chi connectivity index (χ3v) is 3.59. The Bertz CT molecular complexity index is 383. The molecule has 0 aliphatic heterocycles. The summed E-state index contributed by atoms with van der Waals surface area (Å²) in [6, 6.07) is 1.28. The van der Waals surface area contributed by atoms with Crippen LogP contribution in [-0.2, 0) is 6.54 Å². The summed E-state index contributed by atoms with van der Waals surface area (Å²) in [4.78, 5) is 7.00. The molecule has 0 unspecified atom stereocenters. The third-order valence-electron chi connectivity index (χ3n) is 3.59. The van der Waals surface area contributed by atoms with Gasteiger partial charge in [-0.05, 0) is 31.2 Å². The van der Waals surface area contributed by atoms with E-state index < -0.39 is 0 Å². The lowest BCUT2D eigenvalue weighted by Gasteiger charge is -2.30. The van der Waals surface area contributed by atoms with E-state index in [0.717, 1.165) is 44.2 Å². The normalized spacial score (nSPS) is 11.9. The summed E-state index contributed by atoms with van der Waals surface area (Å²) in [5.74, 6) is 1.25. The molecule has 1 heterocycles. The van der Waals surface area contributed by atoms with Crippen molar-refractivity contribution >= 4 is 6.01 Å². The Hall–Kier alpha value is -1.03. The number of aromatic nitrogens is 1. The summed E-state index contributed by atoms with van der Waals surface area (Å²) in [7, 11) is 0. The highest BCUT2D eigenvalue weighted by molar-refractivity contribution is 5.29. The van der Waals surface area contributed by atoms with Crippen LogP contribution in [0.5, 0.6) is 0 Å². The Labute approximate surface area is 130 Å². The van der Waals surface area contributed by atoms with E-state index in [1.165, 1.54) is 0 Å². The summed E-state index contributed by atoms with van der Waals surface area (Å²) < 4.78 is 5.74. The van der Waals surface area contributed by atoms with Crippen molar-refractivity contribution in [2.45, 2.75) is 67.0 Å². The van der Waals surface area contributed by atoms with Gasteiger partial charge in [-0.3, -0.25) is 0 Å². The van der Waals surface area contributed by atoms with E-state index in [2.05, 4.69) is 56.7 Å². The fourth-order valence-corrected chi connectivity index (χ4v) is 2.50. The first-order valence-corrected chi connectivity index (χ1v) is 8.39. The molecule has 4 heteroatoms. The van der Waals surface area contributed by atoms with Crippen LogP contribution in [0.25, 0.3) is 0 Å². The fourth-order valence-electron chi connectivity index (χ4n) is 2.50. The second kappa shape index (κ2) is 9.08. The maximum absolute atomic E-state index is 5.74. The molecule has 0 fully saturated rings. The Kier molecular flexibility index (Phi) is 7.79. The Balaban J connectivity index is 2.72. The molecule has 21 heavy (non-hydrogen) atoms. The maximum Gasteiger partial charge on any atom is 0.297 e. The highest BCUT2D eigenvalue weighted by Crippen LogP contribution is 2.21. The summed E-state index contributed by atoms with van der Waals surface area (Å²) in [6.45, 7) is 16.1. The highest BCUT2D eigenvalue weighted by Gasteiger charge is 2.21. The van der Waals surface area contributed by atoms with E-state index in [9.17, 15) is 0 Å². The van der Waals surface area contributed by atoms with E-state index in [-0.39, 0.29) is 0 Å². The third kappa shape index (κ3) is 6.08. The van der Waals surface area contributed by atoms with E-state index >= 15 is 0 Å². The monoisotopic (exact) mass is 295 g/mol. The van der Waals surface area contributed by atoms with Gasteiger partial charge in [-0.1, -0.05) is 41.5 Å². The van der Waals surface area contributed by atoms with Crippen molar-refractivity contribution in [3.05, 3.63) is 12.0 Å². The molecule has 1 N–H and O–H groups in total. The molecule has 1 rings (SSSR count). The second-order valence-corrected chi connectivity index (χ2v) is 6.66. The van der Waals surface area contributed by atoms with Gasteiger partial charge in [-0.2, -0.15) is 4.98 Å². The van der Waals surface area contributed by atoms with Crippen molar-refractivity contribution in [1.82, 2.24) is 10.3 Å². The predicted octanol–water partition coefficient (Wildman–Crippen LogP) is 4.07. The summed E-state index contributed by atoms with van der Waals surface area (Å²) in [5, 5.41) is 3.41. The first-order valence-electron chi connectivity index (χ1n) is 8.39. The lowest BCUT2D eigenvalue weighted by molar-refractivity contribution is 0.447. The molecular weight excluding hydrogens is 262 g/mol. The zero-order valence-electron chi connectivity index (χ0n) is 14.6. The zero-order chi connectivity index (χ0) is 15.8. The average Bonchev–Trinajstić information content (AvgIpc) is 2.86. The van der Waals surface area contributed by atoms with Crippen molar-refractivity contribution in [3.8, 4) is 0 Å². The molecule has 0 aliphatic carbocycles. The van der Waals surface area contributed by atoms with Gasteiger partial charge in [0.1, 0.15) is 6.26 Å². The van der Waals surface area contributed by atoms with Gasteiger partial charge >= 0.3 is 0 Å². The van der Waals surface area contributed by atoms with Crippen molar-refractivity contribution in [1.29, 1.82) is 0 Å². The minimum absolute atomic E-state index is 0.502. The van der Waals surface area contributed by atoms with Crippen LogP contribution in [0.15, 0.2) is 10.7 Å². The van der Waals surface area contributed by atoms with Gasteiger partial charge in [-0.15, -0.1) is 0 Å². The lowest BCUT2D eigenvalue weighted by Crippen LogP contribution is -2.37. The van der Waals surface area contributed by atoms with E-state index in [1.54, 1.807) is 6.26 Å². The van der Waals surface area contributed by atoms with Crippen LogP contribution in [0.4, 0.5) is 6.01 Å². The van der Waals surface area contributed by atoms with Crippen LogP contribution < -0.4 is 10.2 Å². The van der Waals surface area contributed by atoms with Gasteiger partial charge in [0.25, 0.3) is 6.01 Å². The summed E-state index contributed by atoms with van der Waals surface area (Å²) in [6.07, 6.45) is 4.03. The largest absolute Gasteiger partial charge is 0.432 e. The predicted molar refractivity (Wildman–Crippen MR) is 89.6 cm³/mol. The van der Waals surface area contributed by atoms with Crippen LogP contribution in [0.3, 0.4) is 0 Å². The molecule has 0 radical (unpaired) electrons. The number of oxazole rings is 1. The number of rotatable bonds is 10. The Morgan fingerprint density at radius 3 is 2.33 bits per heavy atom. The number of nitrogens with one attached hydrogen (secondary N) is 1. The van der Waals surface area contributed by atoms with Crippen molar-refractivity contribution in [2.24, 2.45) is 11.8 Å². The molecule has 0 atom stereocenters. The van der Waals surface area contributed by atoms with Crippen LogP contribution in [0, 0.1) is 11.8 Å². The molecule has 0 amide bonds. The molecule has 1 aromatic heterocycles. The first-order chi connectivity index (χ1) is 9.97. The molecule has 0 spiro atoms. The Morgan fingerprint density at radius 2 is 1.81 bits per heavy atom. The van der Waals surface area contributed by atoms with E-state index in [0.29, 0.717) is 17.9 Å².